The lowest BCUT2D eigenvalue weighted by Crippen LogP contribution is -1.99. The van der Waals surface area contributed by atoms with Crippen LogP contribution >= 0.6 is 0 Å². The summed E-state index contributed by atoms with van der Waals surface area (Å²) in [5.41, 5.74) is 20.3. The molecule has 0 saturated carbocycles. The van der Waals surface area contributed by atoms with Crippen LogP contribution in [0.2, 0.25) is 0 Å². The van der Waals surface area contributed by atoms with Gasteiger partial charge in [-0.3, -0.25) is 0 Å². The van der Waals surface area contributed by atoms with Gasteiger partial charge in [-0.15, -0.1) is 0 Å². The van der Waals surface area contributed by atoms with Gasteiger partial charge in [0.2, 0.25) is 0 Å². The summed E-state index contributed by atoms with van der Waals surface area (Å²) < 4.78 is 5.21. The molecule has 4 nitrogen and oxygen atoms in total. The predicted octanol–water partition coefficient (Wildman–Crippen LogP) is 17.9. The number of allylic oxidation sites excluding steroid dienone is 20. The third kappa shape index (κ3) is 25.7. The molecule has 0 spiro atoms. The zero-order valence-corrected chi connectivity index (χ0v) is 42.0. The maximum absolute atomic E-state index is 10.6. The molecule has 1 atom stereocenters. The first kappa shape index (κ1) is 55.8. The Morgan fingerprint density at radius 2 is 0.903 bits per heavy atom. The quantitative estimate of drug-likeness (QED) is 0.0237. The highest BCUT2D eigenvalue weighted by molar-refractivity contribution is 5.73. The Balaban J connectivity index is 2.31. The Kier molecular flexibility index (Phi) is 29.3. The van der Waals surface area contributed by atoms with E-state index in [4.69, 9.17) is 10.5 Å². The van der Waals surface area contributed by atoms with E-state index in [1.807, 2.05) is 0 Å². The van der Waals surface area contributed by atoms with E-state index in [9.17, 15) is 10.2 Å². The summed E-state index contributed by atoms with van der Waals surface area (Å²) in [7, 11) is 1.44. The zero-order chi connectivity index (χ0) is 46.5. The molecule has 346 valence electrons. The van der Waals surface area contributed by atoms with Crippen LogP contribution in [0.3, 0.4) is 0 Å². The van der Waals surface area contributed by atoms with E-state index in [0.717, 1.165) is 77.0 Å². The molecule has 4 heteroatoms. The molecule has 1 aromatic rings. The van der Waals surface area contributed by atoms with Crippen molar-refractivity contribution in [2.75, 3.05) is 12.8 Å². The summed E-state index contributed by atoms with van der Waals surface area (Å²) in [6, 6.07) is 0. The summed E-state index contributed by atoms with van der Waals surface area (Å²) in [4.78, 5) is 0. The van der Waals surface area contributed by atoms with Crippen LogP contribution in [0.5, 0.6) is 17.2 Å². The number of hydrogen-bond donors (Lipinski definition) is 3. The fourth-order valence-electron chi connectivity index (χ4n) is 7.50. The van der Waals surface area contributed by atoms with Crippen LogP contribution in [0.1, 0.15) is 196 Å². The van der Waals surface area contributed by atoms with Gasteiger partial charge < -0.3 is 20.7 Å². The number of benzene rings is 1. The third-order valence-electron chi connectivity index (χ3n) is 12.0. The van der Waals surface area contributed by atoms with E-state index >= 15 is 0 Å². The third-order valence-corrected chi connectivity index (χ3v) is 12.0. The molecular formula is C58H91NO3. The molecule has 1 aromatic carbocycles. The van der Waals surface area contributed by atoms with Gasteiger partial charge in [0.1, 0.15) is 11.4 Å². The second kappa shape index (κ2) is 32.5. The first-order chi connectivity index (χ1) is 29.4. The minimum atomic E-state index is -0.0279. The van der Waals surface area contributed by atoms with Gasteiger partial charge in [0.05, 0.1) is 7.11 Å². The lowest BCUT2D eigenvalue weighted by atomic mass is 9.98. The molecule has 4 N–H and O–H groups in total. The van der Waals surface area contributed by atoms with Crippen molar-refractivity contribution in [3.05, 3.63) is 128 Å². The van der Waals surface area contributed by atoms with Crippen LogP contribution in [0.25, 0.3) is 0 Å². The largest absolute Gasteiger partial charge is 0.505 e. The van der Waals surface area contributed by atoms with Gasteiger partial charge >= 0.3 is 0 Å². The van der Waals surface area contributed by atoms with Crippen LogP contribution in [0.4, 0.5) is 5.69 Å². The van der Waals surface area contributed by atoms with E-state index in [0.29, 0.717) is 23.5 Å². The minimum absolute atomic E-state index is 0.00357. The Bertz CT molecular complexity index is 1810. The van der Waals surface area contributed by atoms with Crippen molar-refractivity contribution in [3.63, 3.8) is 0 Å². The van der Waals surface area contributed by atoms with Crippen molar-refractivity contribution in [1.82, 2.24) is 0 Å². The van der Waals surface area contributed by atoms with Crippen molar-refractivity contribution >= 4 is 5.69 Å². The molecule has 0 radical (unpaired) electrons. The topological polar surface area (TPSA) is 75.7 Å². The predicted molar refractivity (Wildman–Crippen MR) is 275 cm³/mol. The zero-order valence-electron chi connectivity index (χ0n) is 42.0. The van der Waals surface area contributed by atoms with Crippen molar-refractivity contribution in [1.29, 1.82) is 0 Å². The number of methoxy groups -OCH3 is 1. The van der Waals surface area contributed by atoms with E-state index in [1.165, 1.54) is 89.4 Å². The smallest absolute Gasteiger partial charge is 0.187 e. The van der Waals surface area contributed by atoms with Crippen LogP contribution in [0, 0.1) is 12.8 Å². The molecule has 0 aromatic heterocycles. The summed E-state index contributed by atoms with van der Waals surface area (Å²) in [6.45, 7) is 26.5. The lowest BCUT2D eigenvalue weighted by molar-refractivity contribution is 0.368. The maximum Gasteiger partial charge on any atom is 0.187 e. The van der Waals surface area contributed by atoms with Gasteiger partial charge in [0, 0.05) is 11.1 Å². The van der Waals surface area contributed by atoms with Crippen LogP contribution in [0.15, 0.2) is 117 Å². The fourth-order valence-corrected chi connectivity index (χ4v) is 7.50. The minimum Gasteiger partial charge on any atom is -0.505 e. The van der Waals surface area contributed by atoms with Crippen LogP contribution < -0.4 is 10.5 Å². The number of rotatable bonds is 30. The van der Waals surface area contributed by atoms with Gasteiger partial charge in [0.25, 0.3) is 0 Å². The summed E-state index contributed by atoms with van der Waals surface area (Å²) >= 11 is 0. The van der Waals surface area contributed by atoms with Crippen molar-refractivity contribution in [2.45, 2.75) is 199 Å². The Morgan fingerprint density at radius 1 is 0.532 bits per heavy atom. The molecule has 0 amide bonds. The molecule has 0 aliphatic carbocycles. The normalized spacial score (nSPS) is 14.6. The summed E-state index contributed by atoms with van der Waals surface area (Å²) in [6.07, 6.45) is 45.7. The van der Waals surface area contributed by atoms with E-state index in [-0.39, 0.29) is 22.9 Å². The molecule has 0 saturated heterocycles. The van der Waals surface area contributed by atoms with Crippen molar-refractivity contribution < 1.29 is 14.9 Å². The average molecular weight is 850 g/mol. The van der Waals surface area contributed by atoms with Gasteiger partial charge in [-0.1, -0.05) is 124 Å². The number of hydrogen-bond acceptors (Lipinski definition) is 4. The summed E-state index contributed by atoms with van der Waals surface area (Å²) in [5, 5.41) is 21.0. The second-order valence-corrected chi connectivity index (χ2v) is 18.6. The fraction of sp³-hybridized carbons (Fsp3) is 0.552. The highest BCUT2D eigenvalue weighted by Crippen LogP contribution is 2.45. The molecular weight excluding hydrogens is 759 g/mol. The Morgan fingerprint density at radius 3 is 1.31 bits per heavy atom. The summed E-state index contributed by atoms with van der Waals surface area (Å²) in [5.74, 6) is 0.672. The number of ether oxygens (including phenoxy) is 1. The highest BCUT2D eigenvalue weighted by atomic mass is 16.5. The average Bonchev–Trinajstić information content (AvgIpc) is 3.20. The van der Waals surface area contributed by atoms with E-state index in [2.05, 4.69) is 143 Å². The van der Waals surface area contributed by atoms with Gasteiger partial charge in [0.15, 0.2) is 11.5 Å². The van der Waals surface area contributed by atoms with Crippen molar-refractivity contribution in [2.24, 2.45) is 5.92 Å². The number of aromatic hydroxyl groups is 2. The molecule has 0 aliphatic rings. The number of anilines is 1. The number of phenolic OH excluding ortho intramolecular Hbond substituents is 2. The van der Waals surface area contributed by atoms with Crippen molar-refractivity contribution in [3.8, 4) is 17.2 Å². The number of nitrogen functional groups attached to an aromatic ring is 1. The number of nitrogens with two attached hydrogens (primary N) is 1. The SMILES string of the molecule is COc1c(N)c(O)c(C)c(C/C=C(\C)CC/C=C(/C)CCCC(C)/C=C/C=C(\C)CC/C=C(\C)CC/C=C(\C)CC/C=C(\C)CC/C=C(\C)CC/C=C(\C)CCC=C(C)C)c1O. The molecule has 62 heavy (non-hydrogen) atoms. The van der Waals surface area contributed by atoms with Crippen LogP contribution in [-0.4, -0.2) is 17.3 Å². The molecule has 0 bridgehead atoms. The monoisotopic (exact) mass is 850 g/mol. The molecule has 1 unspecified atom stereocenters. The number of phenols is 2. The van der Waals surface area contributed by atoms with Crippen LogP contribution in [-0.2, 0) is 6.42 Å². The van der Waals surface area contributed by atoms with E-state index < -0.39 is 0 Å². The van der Waals surface area contributed by atoms with Gasteiger partial charge in [-0.05, 0) is 198 Å². The second-order valence-electron chi connectivity index (χ2n) is 18.6. The maximum atomic E-state index is 10.6. The highest BCUT2D eigenvalue weighted by Gasteiger charge is 2.19. The standard InChI is InChI=1S/C58H91NO3/c1-43(2)23-14-24-44(3)25-15-26-45(4)27-16-28-46(5)29-17-30-47(6)31-18-32-48(7)33-19-34-49(8)35-20-36-50(9)37-21-38-51(10)39-22-40-52(11)41-42-54-53(12)56(60)55(59)58(62-13)57(54)61/h20,23,25,27,29,31,33,35-36,39,41,50,60-61H,14-19,21-22,24,26,28,30,32,34,37-38,40,42,59H2,1-13H3/b36-20+,44-25+,45-27+,46-29+,47-31+,48-33+,49-35+,51-39-,52-41+. The lowest BCUT2D eigenvalue weighted by Gasteiger charge is -2.15. The van der Waals surface area contributed by atoms with E-state index in [1.54, 1.807) is 6.92 Å². The first-order valence-corrected chi connectivity index (χ1v) is 23.9. The first-order valence-electron chi connectivity index (χ1n) is 23.9. The molecule has 0 aliphatic heterocycles. The molecule has 1 rings (SSSR count). The van der Waals surface area contributed by atoms with Gasteiger partial charge in [-0.25, -0.2) is 0 Å². The molecule has 0 fully saturated rings. The molecule has 0 heterocycles. The Hall–Kier alpha value is -4.18. The Labute approximate surface area is 382 Å². The van der Waals surface area contributed by atoms with Gasteiger partial charge in [-0.2, -0.15) is 0 Å².